The first-order valence-corrected chi connectivity index (χ1v) is 9.06. The van der Waals surface area contributed by atoms with Gasteiger partial charge in [-0.15, -0.1) is 12.4 Å². The van der Waals surface area contributed by atoms with Gasteiger partial charge in [0.2, 0.25) is 0 Å². The van der Waals surface area contributed by atoms with Crippen molar-refractivity contribution >= 4 is 18.4 Å². The molecule has 0 saturated heterocycles. The largest absolute Gasteiger partial charge is 0.485 e. The Morgan fingerprint density at radius 1 is 0.828 bits per heavy atom. The topological polar surface area (TPSA) is 81.8 Å². The van der Waals surface area contributed by atoms with Crippen molar-refractivity contribution in [3.05, 3.63) is 95.6 Å². The Hall–Kier alpha value is -3.02. The lowest BCUT2D eigenvalue weighted by molar-refractivity contribution is -0.137. The standard InChI is InChI=1S/C23H23NO4.ClH/c24-20(14-23(25)26)19-11-12-21(27-15-17-7-3-1-4-8-17)22(13-19)28-16-18-9-5-2-6-10-18;/h1-13,20H,14-16,24H2,(H,25,26);1H. The van der Waals surface area contributed by atoms with Crippen LogP contribution in [0, 0.1) is 0 Å². The van der Waals surface area contributed by atoms with Gasteiger partial charge in [0.1, 0.15) is 13.2 Å². The summed E-state index contributed by atoms with van der Waals surface area (Å²) in [5.74, 6) is 0.188. The first-order valence-electron chi connectivity index (χ1n) is 9.06. The van der Waals surface area contributed by atoms with Crippen LogP contribution in [0.3, 0.4) is 0 Å². The maximum Gasteiger partial charge on any atom is 0.305 e. The second-order valence-electron chi connectivity index (χ2n) is 6.46. The van der Waals surface area contributed by atoms with Gasteiger partial charge in [-0.05, 0) is 28.8 Å². The summed E-state index contributed by atoms with van der Waals surface area (Å²) in [6, 6.07) is 24.4. The molecule has 29 heavy (non-hydrogen) atoms. The van der Waals surface area contributed by atoms with Gasteiger partial charge in [-0.1, -0.05) is 66.7 Å². The van der Waals surface area contributed by atoms with E-state index in [0.717, 1.165) is 11.1 Å². The molecule has 6 heteroatoms. The van der Waals surface area contributed by atoms with Gasteiger partial charge in [-0.2, -0.15) is 0 Å². The Bertz CT molecular complexity index is 903. The second kappa shape index (κ2) is 11.1. The fourth-order valence-electron chi connectivity index (χ4n) is 2.76. The van der Waals surface area contributed by atoms with E-state index in [1.165, 1.54) is 0 Å². The summed E-state index contributed by atoms with van der Waals surface area (Å²) in [7, 11) is 0. The molecule has 3 aromatic rings. The van der Waals surface area contributed by atoms with Crippen molar-refractivity contribution in [1.82, 2.24) is 0 Å². The van der Waals surface area contributed by atoms with Crippen LogP contribution >= 0.6 is 12.4 Å². The number of benzene rings is 3. The molecular weight excluding hydrogens is 390 g/mol. The van der Waals surface area contributed by atoms with Crippen molar-refractivity contribution in [2.75, 3.05) is 0 Å². The zero-order valence-corrected chi connectivity index (χ0v) is 16.7. The summed E-state index contributed by atoms with van der Waals surface area (Å²) in [5.41, 5.74) is 8.77. The number of carboxylic acid groups (broad SMARTS) is 1. The fraction of sp³-hybridized carbons (Fsp3) is 0.174. The van der Waals surface area contributed by atoms with E-state index in [4.69, 9.17) is 20.3 Å². The minimum Gasteiger partial charge on any atom is -0.485 e. The average Bonchev–Trinajstić information content (AvgIpc) is 2.72. The smallest absolute Gasteiger partial charge is 0.305 e. The van der Waals surface area contributed by atoms with Crippen molar-refractivity contribution in [2.24, 2.45) is 5.73 Å². The van der Waals surface area contributed by atoms with Gasteiger partial charge in [0.15, 0.2) is 11.5 Å². The molecule has 0 aromatic heterocycles. The van der Waals surface area contributed by atoms with Crippen LogP contribution in [0.5, 0.6) is 11.5 Å². The Balaban J connectivity index is 0.00000300. The van der Waals surface area contributed by atoms with Gasteiger partial charge in [-0.3, -0.25) is 4.79 Å². The summed E-state index contributed by atoms with van der Waals surface area (Å²) in [6.45, 7) is 0.781. The van der Waals surface area contributed by atoms with Crippen LogP contribution < -0.4 is 15.2 Å². The predicted molar refractivity (Wildman–Crippen MR) is 114 cm³/mol. The number of carbonyl (C=O) groups is 1. The maximum absolute atomic E-state index is 11.0. The quantitative estimate of drug-likeness (QED) is 0.529. The molecule has 0 amide bonds. The third kappa shape index (κ3) is 6.82. The van der Waals surface area contributed by atoms with Gasteiger partial charge in [0.05, 0.1) is 6.42 Å². The number of nitrogens with two attached hydrogens (primary N) is 1. The minimum atomic E-state index is -0.941. The highest BCUT2D eigenvalue weighted by atomic mass is 35.5. The van der Waals surface area contributed by atoms with Crippen molar-refractivity contribution in [2.45, 2.75) is 25.7 Å². The van der Waals surface area contributed by atoms with Crippen molar-refractivity contribution in [3.63, 3.8) is 0 Å². The zero-order valence-electron chi connectivity index (χ0n) is 15.9. The molecule has 3 N–H and O–H groups in total. The zero-order chi connectivity index (χ0) is 19.8. The number of rotatable bonds is 9. The Morgan fingerprint density at radius 3 is 1.86 bits per heavy atom. The summed E-state index contributed by atoms with van der Waals surface area (Å²) >= 11 is 0. The highest BCUT2D eigenvalue weighted by Crippen LogP contribution is 2.32. The van der Waals surface area contributed by atoms with Crippen LogP contribution in [-0.4, -0.2) is 11.1 Å². The number of hydrogen-bond donors (Lipinski definition) is 2. The summed E-state index contributed by atoms with van der Waals surface area (Å²) < 4.78 is 11.9. The van der Waals surface area contributed by atoms with Gasteiger partial charge in [0.25, 0.3) is 0 Å². The summed E-state index contributed by atoms with van der Waals surface area (Å²) in [6.07, 6.45) is -0.150. The molecule has 0 fully saturated rings. The van der Waals surface area contributed by atoms with E-state index in [0.29, 0.717) is 30.3 Å². The van der Waals surface area contributed by atoms with Crippen molar-refractivity contribution in [3.8, 4) is 11.5 Å². The lowest BCUT2D eigenvalue weighted by atomic mass is 10.0. The molecule has 152 valence electrons. The summed E-state index contributed by atoms with van der Waals surface area (Å²) in [4.78, 5) is 11.0. The molecule has 0 bridgehead atoms. The van der Waals surface area contributed by atoms with Crippen LogP contribution in [0.15, 0.2) is 78.9 Å². The molecule has 0 heterocycles. The number of halogens is 1. The number of aliphatic carboxylic acids is 1. The van der Waals surface area contributed by atoms with Crippen LogP contribution in [0.25, 0.3) is 0 Å². The van der Waals surface area contributed by atoms with E-state index in [-0.39, 0.29) is 18.8 Å². The third-order valence-corrected chi connectivity index (χ3v) is 4.26. The van der Waals surface area contributed by atoms with Crippen LogP contribution in [-0.2, 0) is 18.0 Å². The Morgan fingerprint density at radius 2 is 1.34 bits per heavy atom. The SMILES string of the molecule is Cl.NC(CC(=O)O)c1ccc(OCc2ccccc2)c(OCc2ccccc2)c1. The molecule has 0 saturated carbocycles. The molecule has 3 aromatic carbocycles. The Kier molecular flexibility index (Phi) is 8.52. The number of ether oxygens (including phenoxy) is 2. The van der Waals surface area contributed by atoms with E-state index in [1.54, 1.807) is 18.2 Å². The molecule has 1 atom stereocenters. The molecule has 5 nitrogen and oxygen atoms in total. The van der Waals surface area contributed by atoms with Crippen molar-refractivity contribution in [1.29, 1.82) is 0 Å². The number of carboxylic acids is 1. The minimum absolute atomic E-state index is 0. The first kappa shape index (κ1) is 22.3. The normalized spacial score (nSPS) is 11.2. The Labute approximate surface area is 176 Å². The molecule has 0 aliphatic rings. The van der Waals surface area contributed by atoms with Gasteiger partial charge in [0, 0.05) is 6.04 Å². The molecule has 0 aliphatic carbocycles. The van der Waals surface area contributed by atoms with Gasteiger partial charge in [-0.25, -0.2) is 0 Å². The fourth-order valence-corrected chi connectivity index (χ4v) is 2.76. The molecular formula is C23H24ClNO4. The van der Waals surface area contributed by atoms with E-state index in [9.17, 15) is 4.79 Å². The average molecular weight is 414 g/mol. The van der Waals surface area contributed by atoms with Gasteiger partial charge >= 0.3 is 5.97 Å². The number of hydrogen-bond acceptors (Lipinski definition) is 4. The highest BCUT2D eigenvalue weighted by Gasteiger charge is 2.15. The van der Waals surface area contributed by atoms with Crippen LogP contribution in [0.4, 0.5) is 0 Å². The maximum atomic E-state index is 11.0. The van der Waals surface area contributed by atoms with Crippen LogP contribution in [0.2, 0.25) is 0 Å². The summed E-state index contributed by atoms with van der Waals surface area (Å²) in [5, 5.41) is 9.00. The molecule has 0 spiro atoms. The lowest BCUT2D eigenvalue weighted by Gasteiger charge is -2.16. The van der Waals surface area contributed by atoms with Crippen molar-refractivity contribution < 1.29 is 19.4 Å². The molecule has 3 rings (SSSR count). The third-order valence-electron chi connectivity index (χ3n) is 4.26. The van der Waals surface area contributed by atoms with Gasteiger partial charge < -0.3 is 20.3 Å². The van der Waals surface area contributed by atoms with E-state index < -0.39 is 12.0 Å². The molecule has 1 unspecified atom stereocenters. The van der Waals surface area contributed by atoms with E-state index >= 15 is 0 Å². The predicted octanol–water partition coefficient (Wildman–Crippen LogP) is 4.74. The highest BCUT2D eigenvalue weighted by molar-refractivity contribution is 5.85. The molecule has 0 aliphatic heterocycles. The monoisotopic (exact) mass is 413 g/mol. The second-order valence-corrected chi connectivity index (χ2v) is 6.46. The van der Waals surface area contributed by atoms with E-state index in [1.807, 2.05) is 60.7 Å². The lowest BCUT2D eigenvalue weighted by Crippen LogP contribution is -2.15. The van der Waals surface area contributed by atoms with E-state index in [2.05, 4.69) is 0 Å². The first-order chi connectivity index (χ1) is 13.6. The van der Waals surface area contributed by atoms with Crippen LogP contribution in [0.1, 0.15) is 29.2 Å². The molecule has 0 radical (unpaired) electrons.